The first-order chi connectivity index (χ1) is 17.3. The summed E-state index contributed by atoms with van der Waals surface area (Å²) in [6, 6.07) is 10.5. The Morgan fingerprint density at radius 3 is 2.39 bits per heavy atom. The van der Waals surface area contributed by atoms with Gasteiger partial charge in [-0.3, -0.25) is 19.3 Å². The summed E-state index contributed by atoms with van der Waals surface area (Å²) in [5.74, 6) is -0.356. The van der Waals surface area contributed by atoms with Crippen LogP contribution >= 0.6 is 0 Å². The van der Waals surface area contributed by atoms with Crippen LogP contribution in [0.3, 0.4) is 0 Å². The molecule has 4 rings (SSSR count). The molecular weight excluding hydrogens is 452 g/mol. The number of piperidine rings is 2. The van der Waals surface area contributed by atoms with Crippen molar-refractivity contribution in [3.05, 3.63) is 69.6 Å². The highest BCUT2D eigenvalue weighted by Crippen LogP contribution is 2.39. The number of amides is 2. The molecule has 2 aromatic rings. The van der Waals surface area contributed by atoms with Crippen molar-refractivity contribution in [2.75, 3.05) is 32.7 Å². The van der Waals surface area contributed by atoms with Gasteiger partial charge in [-0.05, 0) is 50.6 Å². The lowest BCUT2D eigenvalue weighted by atomic mass is 9.73. The summed E-state index contributed by atoms with van der Waals surface area (Å²) in [7, 11) is 0. The molecule has 1 N–H and O–H groups in total. The zero-order chi connectivity index (χ0) is 25.7. The molecular formula is C29H40N4O3. The zero-order valence-electron chi connectivity index (χ0n) is 22.0. The summed E-state index contributed by atoms with van der Waals surface area (Å²) in [5.41, 5.74) is 1.04. The average Bonchev–Trinajstić information content (AvgIpc) is 2.85. The van der Waals surface area contributed by atoms with Crippen LogP contribution in [-0.4, -0.2) is 58.9 Å². The van der Waals surface area contributed by atoms with Gasteiger partial charge in [0.1, 0.15) is 11.1 Å². The molecule has 0 bridgehead atoms. The Hall–Kier alpha value is -2.93. The molecule has 194 valence electrons. The Morgan fingerprint density at radius 1 is 1.00 bits per heavy atom. The molecule has 1 aromatic heterocycles. The van der Waals surface area contributed by atoms with Crippen LogP contribution in [0.25, 0.3) is 0 Å². The van der Waals surface area contributed by atoms with E-state index in [1.165, 1.54) is 5.56 Å². The minimum absolute atomic E-state index is 0.0433. The summed E-state index contributed by atoms with van der Waals surface area (Å²) in [6.07, 6.45) is 7.47. The molecule has 0 aliphatic carbocycles. The number of carbonyl (C=O) groups excluding carboxylic acids is 2. The summed E-state index contributed by atoms with van der Waals surface area (Å²) in [5, 5.41) is 2.72. The molecule has 0 unspecified atom stereocenters. The highest BCUT2D eigenvalue weighted by atomic mass is 16.2. The molecule has 2 aliphatic heterocycles. The van der Waals surface area contributed by atoms with E-state index in [1.54, 1.807) is 12.4 Å². The van der Waals surface area contributed by atoms with Gasteiger partial charge in [-0.1, -0.05) is 44.2 Å². The molecule has 7 heteroatoms. The van der Waals surface area contributed by atoms with E-state index in [4.69, 9.17) is 0 Å². The Balaban J connectivity index is 1.56. The van der Waals surface area contributed by atoms with Gasteiger partial charge in [0, 0.05) is 57.1 Å². The van der Waals surface area contributed by atoms with Gasteiger partial charge in [0.2, 0.25) is 5.43 Å². The van der Waals surface area contributed by atoms with Crippen molar-refractivity contribution in [2.24, 2.45) is 11.3 Å². The maximum atomic E-state index is 13.8. The Bertz CT molecular complexity index is 1120. The largest absolute Gasteiger partial charge is 0.352 e. The van der Waals surface area contributed by atoms with Crippen LogP contribution in [0.2, 0.25) is 0 Å². The van der Waals surface area contributed by atoms with Gasteiger partial charge in [0.15, 0.2) is 0 Å². The first-order valence-electron chi connectivity index (χ1n) is 13.4. The first-order valence-corrected chi connectivity index (χ1v) is 13.4. The van der Waals surface area contributed by atoms with E-state index < -0.39 is 11.3 Å². The minimum Gasteiger partial charge on any atom is -0.352 e. The molecule has 0 saturated carbocycles. The van der Waals surface area contributed by atoms with Gasteiger partial charge < -0.3 is 14.8 Å². The second-order valence-corrected chi connectivity index (χ2v) is 11.0. The number of nitrogens with one attached hydrogen (secondary N) is 1. The first kappa shape index (κ1) is 26.1. The Kier molecular flexibility index (Phi) is 8.29. The van der Waals surface area contributed by atoms with Crippen molar-refractivity contribution >= 4 is 11.8 Å². The van der Waals surface area contributed by atoms with Crippen molar-refractivity contribution in [1.82, 2.24) is 19.7 Å². The fourth-order valence-corrected chi connectivity index (χ4v) is 5.90. The predicted octanol–water partition coefficient (Wildman–Crippen LogP) is 3.77. The van der Waals surface area contributed by atoms with Crippen LogP contribution in [-0.2, 0) is 13.1 Å². The van der Waals surface area contributed by atoms with Crippen LogP contribution in [0, 0.1) is 11.3 Å². The number of benzene rings is 1. The maximum Gasteiger partial charge on any atom is 0.259 e. The number of pyridine rings is 1. The number of carbonyl (C=O) groups is 2. The monoisotopic (exact) mass is 492 g/mol. The molecule has 1 atom stereocenters. The molecule has 2 saturated heterocycles. The molecule has 2 amide bonds. The molecule has 7 nitrogen and oxygen atoms in total. The molecule has 1 spiro atoms. The van der Waals surface area contributed by atoms with Crippen LogP contribution in [0.4, 0.5) is 0 Å². The van der Waals surface area contributed by atoms with E-state index in [0.717, 1.165) is 45.3 Å². The smallest absolute Gasteiger partial charge is 0.259 e. The summed E-state index contributed by atoms with van der Waals surface area (Å²) in [6.45, 7) is 11.3. The van der Waals surface area contributed by atoms with Crippen molar-refractivity contribution in [3.8, 4) is 0 Å². The SMILES string of the molecule is CCNC(=O)c1cn(CC(C)C)cc(C(=O)N2CCC[C@@]3(CCCN(Cc4ccccc4)C3)C2)c1=O. The second-order valence-electron chi connectivity index (χ2n) is 11.0. The molecule has 2 fully saturated rings. The van der Waals surface area contributed by atoms with Gasteiger partial charge in [-0.15, -0.1) is 0 Å². The van der Waals surface area contributed by atoms with Crippen LogP contribution in [0.5, 0.6) is 0 Å². The Labute approximate surface area is 214 Å². The number of hydrogen-bond donors (Lipinski definition) is 1. The van der Waals surface area contributed by atoms with Gasteiger partial charge in [-0.2, -0.15) is 0 Å². The third-order valence-electron chi connectivity index (χ3n) is 7.41. The third kappa shape index (κ3) is 6.06. The van der Waals surface area contributed by atoms with Crippen molar-refractivity contribution in [3.63, 3.8) is 0 Å². The van der Waals surface area contributed by atoms with Crippen LogP contribution in [0.15, 0.2) is 47.5 Å². The van der Waals surface area contributed by atoms with Crippen molar-refractivity contribution in [1.29, 1.82) is 0 Å². The summed E-state index contributed by atoms with van der Waals surface area (Å²) >= 11 is 0. The fourth-order valence-electron chi connectivity index (χ4n) is 5.90. The maximum absolute atomic E-state index is 13.8. The molecule has 1 aromatic carbocycles. The minimum atomic E-state index is -0.472. The van der Waals surface area contributed by atoms with E-state index in [2.05, 4.69) is 48.3 Å². The van der Waals surface area contributed by atoms with E-state index in [-0.39, 0.29) is 22.4 Å². The van der Waals surface area contributed by atoms with Gasteiger partial charge in [0.25, 0.3) is 11.8 Å². The van der Waals surface area contributed by atoms with Crippen molar-refractivity contribution < 1.29 is 9.59 Å². The Morgan fingerprint density at radius 2 is 1.69 bits per heavy atom. The standard InChI is InChI=1S/C29H40N4O3/c1-4-30-27(35)24-18-32(16-22(2)3)19-25(26(24)34)28(36)33-15-9-13-29(21-33)12-8-14-31(20-29)17-23-10-6-5-7-11-23/h5-7,10-11,18-19,22H,4,8-9,12-17,20-21H2,1-3H3,(H,30,35)/t29-/m1/s1. The van der Waals surface area contributed by atoms with Gasteiger partial charge >= 0.3 is 0 Å². The lowest BCUT2D eigenvalue weighted by molar-refractivity contribution is 0.0112. The highest BCUT2D eigenvalue weighted by molar-refractivity contribution is 5.99. The van der Waals surface area contributed by atoms with E-state index >= 15 is 0 Å². The van der Waals surface area contributed by atoms with Crippen molar-refractivity contribution in [2.45, 2.75) is 59.5 Å². The predicted molar refractivity (Wildman–Crippen MR) is 142 cm³/mol. The second kappa shape index (κ2) is 11.4. The topological polar surface area (TPSA) is 74.7 Å². The molecule has 3 heterocycles. The van der Waals surface area contributed by atoms with E-state index in [9.17, 15) is 14.4 Å². The van der Waals surface area contributed by atoms with Gasteiger partial charge in [-0.25, -0.2) is 0 Å². The molecule has 0 radical (unpaired) electrons. The summed E-state index contributed by atoms with van der Waals surface area (Å²) in [4.78, 5) is 44.1. The zero-order valence-corrected chi connectivity index (χ0v) is 22.0. The average molecular weight is 493 g/mol. The number of hydrogen-bond acceptors (Lipinski definition) is 4. The number of nitrogens with zero attached hydrogens (tertiary/aromatic N) is 3. The number of likely N-dealkylation sites (tertiary alicyclic amines) is 2. The van der Waals surface area contributed by atoms with Crippen LogP contribution < -0.4 is 10.7 Å². The molecule has 2 aliphatic rings. The van der Waals surface area contributed by atoms with E-state index in [0.29, 0.717) is 32.1 Å². The summed E-state index contributed by atoms with van der Waals surface area (Å²) < 4.78 is 1.83. The number of rotatable bonds is 7. The lowest BCUT2D eigenvalue weighted by Crippen LogP contribution is -2.54. The van der Waals surface area contributed by atoms with E-state index in [1.807, 2.05) is 22.5 Å². The van der Waals surface area contributed by atoms with Gasteiger partial charge in [0.05, 0.1) is 0 Å². The van der Waals surface area contributed by atoms with Crippen LogP contribution in [0.1, 0.15) is 72.7 Å². The highest BCUT2D eigenvalue weighted by Gasteiger charge is 2.41. The normalized spacial score (nSPS) is 20.6. The lowest BCUT2D eigenvalue weighted by Gasteiger charge is -2.48. The quantitative estimate of drug-likeness (QED) is 0.639. The molecule has 36 heavy (non-hydrogen) atoms. The third-order valence-corrected chi connectivity index (χ3v) is 7.41. The fraction of sp³-hybridized carbons (Fsp3) is 0.552. The number of aromatic nitrogens is 1.